The van der Waals surface area contributed by atoms with E-state index in [4.69, 9.17) is 17.3 Å². The number of nitrogens with two attached hydrogens (primary N) is 1. The van der Waals surface area contributed by atoms with Gasteiger partial charge in [-0.25, -0.2) is 4.39 Å². The average molecular weight is 271 g/mol. The van der Waals surface area contributed by atoms with Crippen molar-refractivity contribution >= 4 is 11.6 Å². The van der Waals surface area contributed by atoms with Crippen molar-refractivity contribution in [1.82, 2.24) is 4.90 Å². The molecule has 2 unspecified atom stereocenters. The Balaban J connectivity index is 2.40. The molecule has 0 saturated carbocycles. The van der Waals surface area contributed by atoms with E-state index in [0.717, 1.165) is 19.4 Å². The molecule has 2 rings (SSSR count). The second-order valence-corrected chi connectivity index (χ2v) is 5.63. The van der Waals surface area contributed by atoms with Gasteiger partial charge in [-0.3, -0.25) is 4.90 Å². The summed E-state index contributed by atoms with van der Waals surface area (Å²) in [5, 5.41) is 0.175. The summed E-state index contributed by atoms with van der Waals surface area (Å²) >= 11 is 5.87. The molecule has 1 aliphatic heterocycles. The van der Waals surface area contributed by atoms with Crippen molar-refractivity contribution in [3.05, 3.63) is 34.6 Å². The minimum absolute atomic E-state index is 0.0332. The lowest BCUT2D eigenvalue weighted by molar-refractivity contribution is 0.0922. The monoisotopic (exact) mass is 270 g/mol. The zero-order chi connectivity index (χ0) is 13.3. The molecule has 1 saturated heterocycles. The Kier molecular flexibility index (Phi) is 4.25. The molecular formula is C14H20ClFN2. The number of nitrogens with zero attached hydrogens (tertiary/aromatic N) is 1. The Hall–Kier alpha value is -0.640. The van der Waals surface area contributed by atoms with Crippen molar-refractivity contribution in [1.29, 1.82) is 0 Å². The number of rotatable bonds is 2. The number of hydrogen-bond acceptors (Lipinski definition) is 2. The zero-order valence-electron chi connectivity index (χ0n) is 10.9. The molecule has 0 bridgehead atoms. The molecule has 0 aromatic heterocycles. The Morgan fingerprint density at radius 3 is 2.83 bits per heavy atom. The maximum absolute atomic E-state index is 14.2. The van der Waals surface area contributed by atoms with Crippen LogP contribution in [0.4, 0.5) is 4.39 Å². The van der Waals surface area contributed by atoms with Gasteiger partial charge < -0.3 is 5.73 Å². The lowest BCUT2D eigenvalue weighted by Crippen LogP contribution is -2.48. The van der Waals surface area contributed by atoms with Crippen LogP contribution < -0.4 is 5.73 Å². The fourth-order valence-electron chi connectivity index (χ4n) is 2.79. The van der Waals surface area contributed by atoms with E-state index in [9.17, 15) is 4.39 Å². The highest BCUT2D eigenvalue weighted by atomic mass is 35.5. The lowest BCUT2D eigenvalue weighted by Gasteiger charge is -2.42. The van der Waals surface area contributed by atoms with Crippen LogP contribution >= 0.6 is 11.6 Å². The highest BCUT2D eigenvalue weighted by molar-refractivity contribution is 6.30. The van der Waals surface area contributed by atoms with Crippen LogP contribution in [0, 0.1) is 5.82 Å². The summed E-state index contributed by atoms with van der Waals surface area (Å²) in [6, 6.07) is 5.41. The molecule has 1 aliphatic rings. The fourth-order valence-corrected chi connectivity index (χ4v) is 2.97. The van der Waals surface area contributed by atoms with Crippen LogP contribution in [0.15, 0.2) is 18.2 Å². The maximum atomic E-state index is 14.2. The van der Waals surface area contributed by atoms with E-state index in [1.165, 1.54) is 0 Å². The quantitative estimate of drug-likeness (QED) is 0.893. The van der Waals surface area contributed by atoms with E-state index in [1.807, 2.05) is 0 Å². The predicted octanol–water partition coefficient (Wildman–Crippen LogP) is 3.35. The zero-order valence-corrected chi connectivity index (χ0v) is 11.6. The van der Waals surface area contributed by atoms with Crippen LogP contribution in [0.5, 0.6) is 0 Å². The van der Waals surface area contributed by atoms with Crippen LogP contribution in [0.25, 0.3) is 0 Å². The Morgan fingerprint density at radius 2 is 2.17 bits per heavy atom. The molecule has 0 amide bonds. The Morgan fingerprint density at radius 1 is 1.44 bits per heavy atom. The van der Waals surface area contributed by atoms with Gasteiger partial charge in [0.25, 0.3) is 0 Å². The summed E-state index contributed by atoms with van der Waals surface area (Å²) in [5.41, 5.74) is 6.83. The van der Waals surface area contributed by atoms with E-state index >= 15 is 0 Å². The smallest absolute Gasteiger partial charge is 0.146 e. The van der Waals surface area contributed by atoms with E-state index in [-0.39, 0.29) is 22.9 Å². The maximum Gasteiger partial charge on any atom is 0.146 e. The molecule has 4 heteroatoms. The minimum atomic E-state index is -0.327. The minimum Gasteiger partial charge on any atom is -0.326 e. The SMILES string of the molecule is CC(C)N1CCCC(N)C1c1cccc(Cl)c1F. The first-order valence-corrected chi connectivity index (χ1v) is 6.85. The van der Waals surface area contributed by atoms with Gasteiger partial charge in [-0.2, -0.15) is 0 Å². The molecular weight excluding hydrogens is 251 g/mol. The number of benzene rings is 1. The molecule has 18 heavy (non-hydrogen) atoms. The molecule has 2 N–H and O–H groups in total. The molecule has 2 nitrogen and oxygen atoms in total. The van der Waals surface area contributed by atoms with E-state index in [0.29, 0.717) is 11.6 Å². The van der Waals surface area contributed by atoms with Gasteiger partial charge in [0.15, 0.2) is 0 Å². The lowest BCUT2D eigenvalue weighted by atomic mass is 9.89. The van der Waals surface area contributed by atoms with Crippen LogP contribution in [-0.2, 0) is 0 Å². The summed E-state index contributed by atoms with van der Waals surface area (Å²) in [6.45, 7) is 5.20. The highest BCUT2D eigenvalue weighted by Crippen LogP contribution is 2.34. The summed E-state index contributed by atoms with van der Waals surface area (Å²) in [6.07, 6.45) is 2.00. The molecule has 1 heterocycles. The third-order valence-corrected chi connectivity index (χ3v) is 3.97. The van der Waals surface area contributed by atoms with Gasteiger partial charge in [-0.15, -0.1) is 0 Å². The summed E-state index contributed by atoms with van der Waals surface area (Å²) in [4.78, 5) is 2.27. The highest BCUT2D eigenvalue weighted by Gasteiger charge is 2.33. The van der Waals surface area contributed by atoms with Gasteiger partial charge in [-0.05, 0) is 39.3 Å². The molecule has 1 fully saturated rings. The van der Waals surface area contributed by atoms with Crippen LogP contribution in [0.2, 0.25) is 5.02 Å². The van der Waals surface area contributed by atoms with Crippen molar-refractivity contribution in [3.63, 3.8) is 0 Å². The predicted molar refractivity (Wildman–Crippen MR) is 73.2 cm³/mol. The molecule has 2 atom stereocenters. The number of likely N-dealkylation sites (tertiary alicyclic amines) is 1. The first-order valence-electron chi connectivity index (χ1n) is 6.47. The third kappa shape index (κ3) is 2.53. The number of halogens is 2. The van der Waals surface area contributed by atoms with Crippen molar-refractivity contribution in [3.8, 4) is 0 Å². The average Bonchev–Trinajstić information content (AvgIpc) is 2.33. The molecule has 100 valence electrons. The van der Waals surface area contributed by atoms with Crippen molar-refractivity contribution in [2.75, 3.05) is 6.54 Å². The molecule has 1 aromatic carbocycles. The first-order chi connectivity index (χ1) is 8.52. The molecule has 0 radical (unpaired) electrons. The van der Waals surface area contributed by atoms with Crippen LogP contribution in [0.1, 0.15) is 38.3 Å². The second-order valence-electron chi connectivity index (χ2n) is 5.23. The molecule has 0 aliphatic carbocycles. The van der Waals surface area contributed by atoms with E-state index in [2.05, 4.69) is 18.7 Å². The topological polar surface area (TPSA) is 29.3 Å². The molecule has 1 aromatic rings. The Labute approximate surface area is 113 Å². The Bertz CT molecular complexity index is 422. The number of piperidine rings is 1. The van der Waals surface area contributed by atoms with E-state index in [1.54, 1.807) is 18.2 Å². The second kappa shape index (κ2) is 5.55. The first kappa shape index (κ1) is 13.8. The van der Waals surface area contributed by atoms with Gasteiger partial charge in [-0.1, -0.05) is 23.7 Å². The van der Waals surface area contributed by atoms with E-state index < -0.39 is 0 Å². The number of hydrogen-bond donors (Lipinski definition) is 1. The van der Waals surface area contributed by atoms with Crippen molar-refractivity contribution < 1.29 is 4.39 Å². The fraction of sp³-hybridized carbons (Fsp3) is 0.571. The van der Waals surface area contributed by atoms with Crippen molar-refractivity contribution in [2.45, 2.75) is 44.8 Å². The van der Waals surface area contributed by atoms with Crippen LogP contribution in [0.3, 0.4) is 0 Å². The molecule has 0 spiro atoms. The van der Waals surface area contributed by atoms with Crippen molar-refractivity contribution in [2.24, 2.45) is 5.73 Å². The third-order valence-electron chi connectivity index (χ3n) is 3.68. The summed E-state index contributed by atoms with van der Waals surface area (Å²) in [7, 11) is 0. The standard InChI is InChI=1S/C14H20ClFN2/c1-9(2)18-8-4-7-12(17)14(18)10-5-3-6-11(15)13(10)16/h3,5-6,9,12,14H,4,7-8,17H2,1-2H3. The van der Waals surface area contributed by atoms with Gasteiger partial charge in [0.2, 0.25) is 0 Å². The summed E-state index contributed by atoms with van der Waals surface area (Å²) in [5.74, 6) is -0.327. The van der Waals surface area contributed by atoms with Gasteiger partial charge in [0, 0.05) is 17.6 Å². The largest absolute Gasteiger partial charge is 0.326 e. The normalized spacial score (nSPS) is 25.7. The van der Waals surface area contributed by atoms with Gasteiger partial charge in [0.05, 0.1) is 11.1 Å². The summed E-state index contributed by atoms with van der Waals surface area (Å²) < 4.78 is 14.2. The van der Waals surface area contributed by atoms with Crippen LogP contribution in [-0.4, -0.2) is 23.5 Å². The van der Waals surface area contributed by atoms with Gasteiger partial charge >= 0.3 is 0 Å². The van der Waals surface area contributed by atoms with Gasteiger partial charge in [0.1, 0.15) is 5.82 Å².